The minimum atomic E-state index is -0.342. The van der Waals surface area contributed by atoms with Gasteiger partial charge in [0.15, 0.2) is 0 Å². The molecule has 1 aromatic rings. The Labute approximate surface area is 138 Å². The average molecular weight is 356 g/mol. The van der Waals surface area contributed by atoms with Gasteiger partial charge in [-0.15, -0.1) is 0 Å². The van der Waals surface area contributed by atoms with E-state index in [1.54, 1.807) is 11.8 Å². The Kier molecular flexibility index (Phi) is 6.79. The van der Waals surface area contributed by atoms with Crippen molar-refractivity contribution in [2.75, 3.05) is 17.6 Å². The summed E-state index contributed by atoms with van der Waals surface area (Å²) in [7, 11) is 0. The van der Waals surface area contributed by atoms with Crippen LogP contribution in [0.2, 0.25) is 15.1 Å². The number of halogens is 3. The molecule has 0 heterocycles. The summed E-state index contributed by atoms with van der Waals surface area (Å²) in [5.74, 6) is 0.832. The maximum Gasteiger partial charge on any atom is 0.319 e. The third-order valence-electron chi connectivity index (χ3n) is 2.17. The predicted octanol–water partition coefficient (Wildman–Crippen LogP) is 5.30. The number of carbonyl (C=O) groups excluding carboxylic acids is 1. The van der Waals surface area contributed by atoms with Gasteiger partial charge in [-0.1, -0.05) is 55.6 Å². The molecule has 1 rings (SSSR count). The Morgan fingerprint density at radius 3 is 2.25 bits per heavy atom. The quantitative estimate of drug-likeness (QED) is 0.719. The van der Waals surface area contributed by atoms with Gasteiger partial charge in [0.2, 0.25) is 0 Å². The Morgan fingerprint density at radius 1 is 1.20 bits per heavy atom. The molecule has 0 fully saturated rings. The number of hydrogen-bond acceptors (Lipinski definition) is 2. The first-order valence-electron chi connectivity index (χ1n) is 6.02. The number of urea groups is 1. The zero-order valence-electron chi connectivity index (χ0n) is 11.5. The molecular formula is C13H17Cl3N2OS. The monoisotopic (exact) mass is 354 g/mol. The molecular weight excluding hydrogens is 339 g/mol. The molecule has 20 heavy (non-hydrogen) atoms. The Bertz CT molecular complexity index is 466. The standard InChI is InChI=1S/C13H17Cl3N2OS/c1-13(2,3)20-5-4-17-12(19)18-11-9(15)6-8(14)7-10(11)16/h6-7H,4-5H2,1-3H3,(H2,17,18,19). The topological polar surface area (TPSA) is 41.1 Å². The molecule has 0 aliphatic rings. The lowest BCUT2D eigenvalue weighted by Crippen LogP contribution is -2.31. The second-order valence-electron chi connectivity index (χ2n) is 5.09. The first kappa shape index (κ1) is 17.8. The van der Waals surface area contributed by atoms with E-state index in [9.17, 15) is 4.79 Å². The van der Waals surface area contributed by atoms with Gasteiger partial charge >= 0.3 is 6.03 Å². The number of carbonyl (C=O) groups is 1. The lowest BCUT2D eigenvalue weighted by atomic mass is 10.3. The number of nitrogens with one attached hydrogen (secondary N) is 2. The van der Waals surface area contributed by atoms with Crippen molar-refractivity contribution in [1.29, 1.82) is 0 Å². The van der Waals surface area contributed by atoms with Crippen LogP contribution in [0.4, 0.5) is 10.5 Å². The molecule has 3 nitrogen and oxygen atoms in total. The van der Waals surface area contributed by atoms with Crippen LogP contribution in [0.1, 0.15) is 20.8 Å². The summed E-state index contributed by atoms with van der Waals surface area (Å²) in [6.07, 6.45) is 0. The van der Waals surface area contributed by atoms with E-state index in [0.717, 1.165) is 5.75 Å². The highest BCUT2D eigenvalue weighted by molar-refractivity contribution is 8.00. The zero-order chi connectivity index (χ0) is 15.3. The smallest absolute Gasteiger partial charge is 0.319 e. The molecule has 0 radical (unpaired) electrons. The maximum atomic E-state index is 11.7. The normalized spacial score (nSPS) is 11.3. The van der Waals surface area contributed by atoms with Crippen molar-refractivity contribution in [2.24, 2.45) is 0 Å². The SMILES string of the molecule is CC(C)(C)SCCNC(=O)Nc1c(Cl)cc(Cl)cc1Cl. The first-order valence-corrected chi connectivity index (χ1v) is 8.14. The van der Waals surface area contributed by atoms with Crippen molar-refractivity contribution in [2.45, 2.75) is 25.5 Å². The first-order chi connectivity index (χ1) is 9.19. The second-order valence-corrected chi connectivity index (χ2v) is 8.26. The van der Waals surface area contributed by atoms with Gasteiger partial charge in [-0.05, 0) is 12.1 Å². The highest BCUT2D eigenvalue weighted by Gasteiger charge is 2.12. The molecule has 0 unspecified atom stereocenters. The number of anilines is 1. The average Bonchev–Trinajstić information content (AvgIpc) is 2.28. The summed E-state index contributed by atoms with van der Waals surface area (Å²) in [6, 6.07) is 2.71. The van der Waals surface area contributed by atoms with Gasteiger partial charge in [0.05, 0.1) is 15.7 Å². The number of rotatable bonds is 4. The summed E-state index contributed by atoms with van der Waals surface area (Å²) in [6.45, 7) is 6.96. The van der Waals surface area contributed by atoms with Crippen molar-refractivity contribution in [1.82, 2.24) is 5.32 Å². The summed E-state index contributed by atoms with van der Waals surface area (Å²) in [5, 5.41) is 6.41. The van der Waals surface area contributed by atoms with E-state index in [1.807, 2.05) is 0 Å². The fourth-order valence-corrected chi connectivity index (χ4v) is 3.07. The Morgan fingerprint density at radius 2 is 1.75 bits per heavy atom. The highest BCUT2D eigenvalue weighted by atomic mass is 35.5. The van der Waals surface area contributed by atoms with Crippen LogP contribution in [0.15, 0.2) is 12.1 Å². The van der Waals surface area contributed by atoms with Crippen LogP contribution in [-0.2, 0) is 0 Å². The van der Waals surface area contributed by atoms with E-state index in [0.29, 0.717) is 27.3 Å². The molecule has 1 aromatic carbocycles. The third-order valence-corrected chi connectivity index (χ3v) is 4.26. The summed E-state index contributed by atoms with van der Waals surface area (Å²) >= 11 is 19.6. The summed E-state index contributed by atoms with van der Waals surface area (Å²) in [5.41, 5.74) is 0.360. The molecule has 0 spiro atoms. The van der Waals surface area contributed by atoms with Crippen molar-refractivity contribution < 1.29 is 4.79 Å². The van der Waals surface area contributed by atoms with E-state index in [4.69, 9.17) is 34.8 Å². The third kappa shape index (κ3) is 6.44. The van der Waals surface area contributed by atoms with Gasteiger partial charge in [-0.2, -0.15) is 11.8 Å². The van der Waals surface area contributed by atoms with E-state index < -0.39 is 0 Å². The van der Waals surface area contributed by atoms with Crippen LogP contribution in [-0.4, -0.2) is 23.1 Å². The fourth-order valence-electron chi connectivity index (χ4n) is 1.34. The Hall–Kier alpha value is -0.290. The second kappa shape index (κ2) is 7.64. The number of hydrogen-bond donors (Lipinski definition) is 2. The van der Waals surface area contributed by atoms with E-state index in [-0.39, 0.29) is 10.8 Å². The van der Waals surface area contributed by atoms with Crippen LogP contribution in [0.3, 0.4) is 0 Å². The van der Waals surface area contributed by atoms with Crippen molar-refractivity contribution >= 4 is 58.3 Å². The van der Waals surface area contributed by atoms with Gasteiger partial charge in [0, 0.05) is 22.1 Å². The molecule has 2 N–H and O–H groups in total. The van der Waals surface area contributed by atoms with E-state index >= 15 is 0 Å². The minimum absolute atomic E-state index is 0.181. The molecule has 0 aliphatic heterocycles. The van der Waals surface area contributed by atoms with Gasteiger partial charge in [-0.3, -0.25) is 0 Å². The molecule has 0 atom stereocenters. The summed E-state index contributed by atoms with van der Waals surface area (Å²) in [4.78, 5) is 11.7. The largest absolute Gasteiger partial charge is 0.337 e. The van der Waals surface area contributed by atoms with Crippen molar-refractivity contribution in [3.63, 3.8) is 0 Å². The highest BCUT2D eigenvalue weighted by Crippen LogP contribution is 2.33. The molecule has 7 heteroatoms. The molecule has 0 aromatic heterocycles. The molecule has 2 amide bonds. The van der Waals surface area contributed by atoms with Crippen LogP contribution in [0.5, 0.6) is 0 Å². The van der Waals surface area contributed by atoms with E-state index in [2.05, 4.69) is 31.4 Å². The van der Waals surface area contributed by atoms with Gasteiger partial charge < -0.3 is 10.6 Å². The van der Waals surface area contributed by atoms with Crippen LogP contribution >= 0.6 is 46.6 Å². The van der Waals surface area contributed by atoms with Crippen LogP contribution in [0.25, 0.3) is 0 Å². The maximum absolute atomic E-state index is 11.7. The van der Waals surface area contributed by atoms with Crippen LogP contribution in [0, 0.1) is 0 Å². The predicted molar refractivity (Wildman–Crippen MR) is 90.7 cm³/mol. The lowest BCUT2D eigenvalue weighted by Gasteiger charge is -2.17. The molecule has 0 aliphatic carbocycles. The molecule has 0 saturated heterocycles. The van der Waals surface area contributed by atoms with E-state index in [1.165, 1.54) is 12.1 Å². The van der Waals surface area contributed by atoms with Gasteiger partial charge in [-0.25, -0.2) is 4.79 Å². The van der Waals surface area contributed by atoms with Crippen molar-refractivity contribution in [3.05, 3.63) is 27.2 Å². The zero-order valence-corrected chi connectivity index (χ0v) is 14.6. The van der Waals surface area contributed by atoms with Gasteiger partial charge in [0.1, 0.15) is 0 Å². The molecule has 0 saturated carbocycles. The lowest BCUT2D eigenvalue weighted by molar-refractivity contribution is 0.252. The Balaban J connectivity index is 2.47. The van der Waals surface area contributed by atoms with Gasteiger partial charge in [0.25, 0.3) is 0 Å². The number of benzene rings is 1. The molecule has 112 valence electrons. The number of amides is 2. The van der Waals surface area contributed by atoms with Crippen molar-refractivity contribution in [3.8, 4) is 0 Å². The van der Waals surface area contributed by atoms with Crippen LogP contribution < -0.4 is 10.6 Å². The fraction of sp³-hybridized carbons (Fsp3) is 0.462. The summed E-state index contributed by atoms with van der Waals surface area (Å²) < 4.78 is 0.181. The number of thioether (sulfide) groups is 1. The molecule has 0 bridgehead atoms. The minimum Gasteiger partial charge on any atom is -0.337 e.